The quantitative estimate of drug-likeness (QED) is 0.682. The third-order valence-corrected chi connectivity index (χ3v) is 4.48. The van der Waals surface area contributed by atoms with E-state index in [-0.39, 0.29) is 11.7 Å². The van der Waals surface area contributed by atoms with Gasteiger partial charge >= 0.3 is 6.18 Å². The van der Waals surface area contributed by atoms with Crippen LogP contribution in [0.15, 0.2) is 51.8 Å². The van der Waals surface area contributed by atoms with E-state index >= 15 is 0 Å². The Hall–Kier alpha value is -1.47. The molecule has 2 rings (SSSR count). The number of benzene rings is 2. The normalized spacial score (nSPS) is 11.3. The van der Waals surface area contributed by atoms with Crippen molar-refractivity contribution in [1.82, 2.24) is 0 Å². The predicted octanol–water partition coefficient (Wildman–Crippen LogP) is 5.51. The molecular formula is C16H13BrF3NOS. The third-order valence-electron chi connectivity index (χ3n) is 2.99. The molecule has 2 aromatic carbocycles. The second-order valence-electron chi connectivity index (χ2n) is 4.82. The molecule has 23 heavy (non-hydrogen) atoms. The SMILES string of the molecule is Cc1cc(Br)ccc1NC(=O)CSc1cccc(C(F)(F)F)c1. The summed E-state index contributed by atoms with van der Waals surface area (Å²) in [4.78, 5) is 12.3. The second-order valence-corrected chi connectivity index (χ2v) is 6.79. The average molecular weight is 404 g/mol. The number of hydrogen-bond donors (Lipinski definition) is 1. The fourth-order valence-electron chi connectivity index (χ4n) is 1.86. The summed E-state index contributed by atoms with van der Waals surface area (Å²) >= 11 is 4.40. The highest BCUT2D eigenvalue weighted by molar-refractivity contribution is 9.10. The molecule has 1 N–H and O–H groups in total. The van der Waals surface area contributed by atoms with Crippen molar-refractivity contribution in [3.63, 3.8) is 0 Å². The molecule has 0 aliphatic rings. The molecule has 0 heterocycles. The lowest BCUT2D eigenvalue weighted by Crippen LogP contribution is -2.14. The number of hydrogen-bond acceptors (Lipinski definition) is 2. The highest BCUT2D eigenvalue weighted by Gasteiger charge is 2.30. The average Bonchev–Trinajstić information content (AvgIpc) is 2.47. The first-order chi connectivity index (χ1) is 10.8. The fourth-order valence-corrected chi connectivity index (χ4v) is 3.10. The van der Waals surface area contributed by atoms with Crippen molar-refractivity contribution in [2.45, 2.75) is 18.0 Å². The molecule has 1 amide bonds. The highest BCUT2D eigenvalue weighted by atomic mass is 79.9. The Bertz CT molecular complexity index is 719. The van der Waals surface area contributed by atoms with Crippen LogP contribution in [0.2, 0.25) is 0 Å². The number of carbonyl (C=O) groups is 1. The Balaban J connectivity index is 1.97. The molecule has 0 spiro atoms. The number of rotatable bonds is 4. The van der Waals surface area contributed by atoms with Crippen molar-refractivity contribution in [3.8, 4) is 0 Å². The van der Waals surface area contributed by atoms with Crippen molar-refractivity contribution < 1.29 is 18.0 Å². The number of amides is 1. The van der Waals surface area contributed by atoms with Crippen LogP contribution >= 0.6 is 27.7 Å². The van der Waals surface area contributed by atoms with Gasteiger partial charge in [-0.3, -0.25) is 4.79 Å². The number of aryl methyl sites for hydroxylation is 1. The van der Waals surface area contributed by atoms with Gasteiger partial charge in [-0.25, -0.2) is 0 Å². The van der Waals surface area contributed by atoms with Crippen LogP contribution in [0, 0.1) is 6.92 Å². The first-order valence-electron chi connectivity index (χ1n) is 6.62. The van der Waals surface area contributed by atoms with Gasteiger partial charge in [-0.15, -0.1) is 11.8 Å². The van der Waals surface area contributed by atoms with E-state index in [0.717, 1.165) is 33.9 Å². The van der Waals surface area contributed by atoms with Crippen LogP contribution in [-0.4, -0.2) is 11.7 Å². The zero-order chi connectivity index (χ0) is 17.0. The number of thioether (sulfide) groups is 1. The molecule has 0 aliphatic heterocycles. The van der Waals surface area contributed by atoms with Crippen molar-refractivity contribution in [2.75, 3.05) is 11.1 Å². The van der Waals surface area contributed by atoms with Crippen molar-refractivity contribution in [3.05, 3.63) is 58.1 Å². The minimum absolute atomic E-state index is 0.0385. The monoisotopic (exact) mass is 403 g/mol. The summed E-state index contributed by atoms with van der Waals surface area (Å²) < 4.78 is 38.8. The maximum absolute atomic E-state index is 12.6. The lowest BCUT2D eigenvalue weighted by atomic mass is 10.2. The summed E-state index contributed by atoms with van der Waals surface area (Å²) in [5.74, 6) is -0.227. The van der Waals surface area contributed by atoms with E-state index in [0.29, 0.717) is 10.6 Å². The number of carbonyl (C=O) groups excluding carboxylic acids is 1. The molecule has 0 unspecified atom stereocenters. The van der Waals surface area contributed by atoms with Crippen LogP contribution in [0.25, 0.3) is 0 Å². The fraction of sp³-hybridized carbons (Fsp3) is 0.188. The summed E-state index contributed by atoms with van der Waals surface area (Å²) in [6.07, 6.45) is -4.38. The molecule has 0 saturated carbocycles. The number of halogens is 4. The first kappa shape index (κ1) is 17.9. The summed E-state index contributed by atoms with van der Waals surface area (Å²) in [6, 6.07) is 10.4. The van der Waals surface area contributed by atoms with E-state index < -0.39 is 11.7 Å². The van der Waals surface area contributed by atoms with E-state index in [1.807, 2.05) is 19.1 Å². The largest absolute Gasteiger partial charge is 0.416 e. The number of alkyl halides is 3. The molecule has 0 radical (unpaired) electrons. The van der Waals surface area contributed by atoms with Gasteiger partial charge in [0, 0.05) is 15.1 Å². The van der Waals surface area contributed by atoms with Gasteiger partial charge < -0.3 is 5.32 Å². The van der Waals surface area contributed by atoms with E-state index in [1.54, 1.807) is 12.1 Å². The minimum atomic E-state index is -4.38. The van der Waals surface area contributed by atoms with Gasteiger partial charge in [-0.2, -0.15) is 13.2 Å². The van der Waals surface area contributed by atoms with Crippen molar-refractivity contribution in [2.24, 2.45) is 0 Å². The Labute approximate surface area is 144 Å². The smallest absolute Gasteiger partial charge is 0.325 e. The molecule has 122 valence electrons. The lowest BCUT2D eigenvalue weighted by molar-refractivity contribution is -0.137. The molecule has 2 aromatic rings. The zero-order valence-electron chi connectivity index (χ0n) is 12.1. The molecular weight excluding hydrogens is 391 g/mol. The first-order valence-corrected chi connectivity index (χ1v) is 8.39. The maximum Gasteiger partial charge on any atom is 0.416 e. The van der Waals surface area contributed by atoms with Gasteiger partial charge in [0.2, 0.25) is 5.91 Å². The number of nitrogens with one attached hydrogen (secondary N) is 1. The van der Waals surface area contributed by atoms with Crippen LogP contribution < -0.4 is 5.32 Å². The van der Waals surface area contributed by atoms with Crippen molar-refractivity contribution >= 4 is 39.3 Å². The highest BCUT2D eigenvalue weighted by Crippen LogP contribution is 2.32. The zero-order valence-corrected chi connectivity index (χ0v) is 14.5. The van der Waals surface area contributed by atoms with Gasteiger partial charge in [-0.1, -0.05) is 22.0 Å². The Morgan fingerprint density at radius 3 is 2.61 bits per heavy atom. The van der Waals surface area contributed by atoms with E-state index in [2.05, 4.69) is 21.2 Å². The topological polar surface area (TPSA) is 29.1 Å². The van der Waals surface area contributed by atoms with Gasteiger partial charge in [0.1, 0.15) is 0 Å². The Morgan fingerprint density at radius 1 is 1.22 bits per heavy atom. The molecule has 0 aromatic heterocycles. The van der Waals surface area contributed by atoms with E-state index in [4.69, 9.17) is 0 Å². The Morgan fingerprint density at radius 2 is 1.96 bits per heavy atom. The van der Waals surface area contributed by atoms with Gasteiger partial charge in [-0.05, 0) is 48.9 Å². The van der Waals surface area contributed by atoms with Crippen LogP contribution in [0.1, 0.15) is 11.1 Å². The van der Waals surface area contributed by atoms with Crippen LogP contribution in [0.4, 0.5) is 18.9 Å². The summed E-state index contributed by atoms with van der Waals surface area (Å²) in [5, 5.41) is 2.75. The summed E-state index contributed by atoms with van der Waals surface area (Å²) in [5.41, 5.74) is 0.867. The molecule has 0 saturated heterocycles. The second kappa shape index (κ2) is 7.40. The predicted molar refractivity (Wildman–Crippen MR) is 89.7 cm³/mol. The standard InChI is InChI=1S/C16H13BrF3NOS/c1-10-7-12(17)5-6-14(10)21-15(22)9-23-13-4-2-3-11(8-13)16(18,19)20/h2-8H,9H2,1H3,(H,21,22). The van der Waals surface area contributed by atoms with Crippen LogP contribution in [0.5, 0.6) is 0 Å². The molecule has 0 atom stereocenters. The van der Waals surface area contributed by atoms with Crippen LogP contribution in [0.3, 0.4) is 0 Å². The van der Waals surface area contributed by atoms with Gasteiger partial charge in [0.05, 0.1) is 11.3 Å². The maximum atomic E-state index is 12.6. The summed E-state index contributed by atoms with van der Waals surface area (Å²) in [7, 11) is 0. The molecule has 0 bridgehead atoms. The molecule has 0 aliphatic carbocycles. The van der Waals surface area contributed by atoms with E-state index in [1.165, 1.54) is 6.07 Å². The van der Waals surface area contributed by atoms with Gasteiger partial charge in [0.25, 0.3) is 0 Å². The van der Waals surface area contributed by atoms with Crippen molar-refractivity contribution in [1.29, 1.82) is 0 Å². The lowest BCUT2D eigenvalue weighted by Gasteiger charge is -2.10. The third kappa shape index (κ3) is 5.28. The molecule has 0 fully saturated rings. The number of anilines is 1. The Kier molecular flexibility index (Phi) is 5.75. The molecule has 7 heteroatoms. The minimum Gasteiger partial charge on any atom is -0.325 e. The molecule has 2 nitrogen and oxygen atoms in total. The van der Waals surface area contributed by atoms with Gasteiger partial charge in [0.15, 0.2) is 0 Å². The van der Waals surface area contributed by atoms with Crippen LogP contribution in [-0.2, 0) is 11.0 Å². The summed E-state index contributed by atoms with van der Waals surface area (Å²) in [6.45, 7) is 1.86. The van der Waals surface area contributed by atoms with E-state index in [9.17, 15) is 18.0 Å².